The molecule has 4 heteroatoms. The first-order valence-corrected chi connectivity index (χ1v) is 4.96. The highest BCUT2D eigenvalue weighted by Crippen LogP contribution is 2.21. The first-order chi connectivity index (χ1) is 6.27. The van der Waals surface area contributed by atoms with Crippen LogP contribution in [0.1, 0.15) is 22.9 Å². The number of nitriles is 1. The molecule has 0 fully saturated rings. The molecular formula is C9H12N2OS. The first-order valence-electron chi connectivity index (χ1n) is 4.08. The second-order valence-electron chi connectivity index (χ2n) is 2.80. The third-order valence-electron chi connectivity index (χ3n) is 1.80. The Morgan fingerprint density at radius 1 is 1.69 bits per heavy atom. The van der Waals surface area contributed by atoms with Crippen LogP contribution >= 0.6 is 11.3 Å². The Hall–Kier alpha value is -0.890. The number of rotatable bonds is 4. The molecule has 0 saturated heterocycles. The monoisotopic (exact) mass is 196 g/mol. The van der Waals surface area contributed by atoms with E-state index in [1.165, 1.54) is 0 Å². The summed E-state index contributed by atoms with van der Waals surface area (Å²) < 4.78 is 0. The Kier molecular flexibility index (Phi) is 3.90. The van der Waals surface area contributed by atoms with Gasteiger partial charge in [0, 0.05) is 17.5 Å². The molecule has 0 saturated carbocycles. The molecule has 1 unspecified atom stereocenters. The van der Waals surface area contributed by atoms with E-state index in [0.29, 0.717) is 12.8 Å². The molecule has 1 heterocycles. The van der Waals surface area contributed by atoms with Gasteiger partial charge in [-0.05, 0) is 23.4 Å². The molecule has 70 valence electrons. The van der Waals surface area contributed by atoms with Gasteiger partial charge < -0.3 is 10.8 Å². The maximum Gasteiger partial charge on any atom is 0.0695 e. The summed E-state index contributed by atoms with van der Waals surface area (Å²) in [6, 6.07) is 3.92. The van der Waals surface area contributed by atoms with Crippen molar-refractivity contribution in [2.24, 2.45) is 5.73 Å². The van der Waals surface area contributed by atoms with Crippen molar-refractivity contribution in [1.82, 2.24) is 0 Å². The Morgan fingerprint density at radius 2 is 2.46 bits per heavy atom. The predicted octanol–water partition coefficient (Wildman–Crippen LogP) is 1.20. The number of thiophene rings is 1. The second kappa shape index (κ2) is 4.97. The molecule has 1 atom stereocenters. The van der Waals surface area contributed by atoms with Gasteiger partial charge in [-0.1, -0.05) is 0 Å². The molecule has 1 rings (SSSR count). The van der Waals surface area contributed by atoms with E-state index in [1.807, 2.05) is 11.4 Å². The van der Waals surface area contributed by atoms with E-state index in [-0.39, 0.29) is 12.6 Å². The number of hydrogen-bond donors (Lipinski definition) is 2. The minimum absolute atomic E-state index is 0.102. The Bertz CT molecular complexity index is 303. The van der Waals surface area contributed by atoms with Gasteiger partial charge in [0.25, 0.3) is 0 Å². The third-order valence-corrected chi connectivity index (χ3v) is 2.75. The summed E-state index contributed by atoms with van der Waals surface area (Å²) in [5.74, 6) is 0. The lowest BCUT2D eigenvalue weighted by Crippen LogP contribution is -2.10. The van der Waals surface area contributed by atoms with Gasteiger partial charge in [-0.2, -0.15) is 5.26 Å². The van der Waals surface area contributed by atoms with E-state index in [9.17, 15) is 0 Å². The van der Waals surface area contributed by atoms with Crippen LogP contribution in [-0.4, -0.2) is 11.7 Å². The first kappa shape index (κ1) is 10.2. The van der Waals surface area contributed by atoms with E-state index in [4.69, 9.17) is 16.1 Å². The highest BCUT2D eigenvalue weighted by atomic mass is 32.1. The summed E-state index contributed by atoms with van der Waals surface area (Å²) in [5.41, 5.74) is 6.80. The SMILES string of the molecule is N#CCc1cc(C(N)CCO)cs1. The zero-order valence-corrected chi connectivity index (χ0v) is 8.05. The smallest absolute Gasteiger partial charge is 0.0695 e. The lowest BCUT2D eigenvalue weighted by Gasteiger charge is -2.05. The third kappa shape index (κ3) is 2.81. The maximum absolute atomic E-state index is 8.68. The normalized spacial score (nSPS) is 12.4. The molecular weight excluding hydrogens is 184 g/mol. The molecule has 1 aromatic heterocycles. The molecule has 0 radical (unpaired) electrons. The largest absolute Gasteiger partial charge is 0.396 e. The highest BCUT2D eigenvalue weighted by Gasteiger charge is 2.07. The Morgan fingerprint density at radius 3 is 3.08 bits per heavy atom. The minimum Gasteiger partial charge on any atom is -0.396 e. The summed E-state index contributed by atoms with van der Waals surface area (Å²) >= 11 is 1.54. The van der Waals surface area contributed by atoms with Crippen LogP contribution in [0.25, 0.3) is 0 Å². The fourth-order valence-electron chi connectivity index (χ4n) is 1.07. The van der Waals surface area contributed by atoms with Crippen LogP contribution in [-0.2, 0) is 6.42 Å². The number of aliphatic hydroxyl groups excluding tert-OH is 1. The number of nitrogens with two attached hydrogens (primary N) is 1. The molecule has 0 aliphatic rings. The van der Waals surface area contributed by atoms with Gasteiger partial charge in [-0.15, -0.1) is 11.3 Å². The van der Waals surface area contributed by atoms with Gasteiger partial charge >= 0.3 is 0 Å². The van der Waals surface area contributed by atoms with Crippen LogP contribution in [0, 0.1) is 11.3 Å². The van der Waals surface area contributed by atoms with Crippen LogP contribution in [0.2, 0.25) is 0 Å². The van der Waals surface area contributed by atoms with E-state index < -0.39 is 0 Å². The molecule has 0 amide bonds. The topological polar surface area (TPSA) is 70.0 Å². The van der Waals surface area contributed by atoms with E-state index in [1.54, 1.807) is 11.3 Å². The maximum atomic E-state index is 8.68. The number of aliphatic hydroxyl groups is 1. The van der Waals surface area contributed by atoms with Gasteiger partial charge in [0.2, 0.25) is 0 Å². The number of hydrogen-bond acceptors (Lipinski definition) is 4. The molecule has 0 bridgehead atoms. The summed E-state index contributed by atoms with van der Waals surface area (Å²) in [6.45, 7) is 0.102. The Balaban J connectivity index is 2.63. The molecule has 3 nitrogen and oxygen atoms in total. The van der Waals surface area contributed by atoms with E-state index in [2.05, 4.69) is 6.07 Å². The lowest BCUT2D eigenvalue weighted by atomic mass is 10.1. The predicted molar refractivity (Wildman–Crippen MR) is 52.3 cm³/mol. The zero-order valence-electron chi connectivity index (χ0n) is 7.23. The average Bonchev–Trinajstić information content (AvgIpc) is 2.54. The van der Waals surface area contributed by atoms with Crippen LogP contribution in [0.15, 0.2) is 11.4 Å². The van der Waals surface area contributed by atoms with Gasteiger partial charge in [0.15, 0.2) is 0 Å². The summed E-state index contributed by atoms with van der Waals surface area (Å²) in [6.07, 6.45) is 1.01. The molecule has 3 N–H and O–H groups in total. The Labute approximate surface area is 81.4 Å². The van der Waals surface area contributed by atoms with Crippen LogP contribution < -0.4 is 5.73 Å². The summed E-state index contributed by atoms with van der Waals surface area (Å²) in [5, 5.41) is 19.1. The van der Waals surface area contributed by atoms with E-state index >= 15 is 0 Å². The van der Waals surface area contributed by atoms with Crippen molar-refractivity contribution in [1.29, 1.82) is 5.26 Å². The van der Waals surface area contributed by atoms with Gasteiger partial charge in [0.1, 0.15) is 0 Å². The van der Waals surface area contributed by atoms with Crippen molar-refractivity contribution in [3.63, 3.8) is 0 Å². The quantitative estimate of drug-likeness (QED) is 0.760. The van der Waals surface area contributed by atoms with E-state index in [0.717, 1.165) is 10.4 Å². The minimum atomic E-state index is -0.103. The van der Waals surface area contributed by atoms with Crippen molar-refractivity contribution in [3.8, 4) is 6.07 Å². The van der Waals surface area contributed by atoms with Crippen molar-refractivity contribution in [3.05, 3.63) is 21.9 Å². The van der Waals surface area contributed by atoms with Gasteiger partial charge in [0.05, 0.1) is 12.5 Å². The number of nitrogens with zero attached hydrogens (tertiary/aromatic N) is 1. The molecule has 1 aromatic rings. The summed E-state index contributed by atoms with van der Waals surface area (Å²) in [4.78, 5) is 1.03. The van der Waals surface area contributed by atoms with Crippen molar-refractivity contribution in [2.45, 2.75) is 18.9 Å². The fraction of sp³-hybridized carbons (Fsp3) is 0.444. The van der Waals surface area contributed by atoms with Gasteiger partial charge in [-0.3, -0.25) is 0 Å². The molecule has 0 aliphatic carbocycles. The van der Waals surface area contributed by atoms with Crippen molar-refractivity contribution < 1.29 is 5.11 Å². The van der Waals surface area contributed by atoms with Gasteiger partial charge in [-0.25, -0.2) is 0 Å². The van der Waals surface area contributed by atoms with Crippen LogP contribution in [0.3, 0.4) is 0 Å². The summed E-state index contributed by atoms with van der Waals surface area (Å²) in [7, 11) is 0. The highest BCUT2D eigenvalue weighted by molar-refractivity contribution is 7.10. The lowest BCUT2D eigenvalue weighted by molar-refractivity contribution is 0.276. The van der Waals surface area contributed by atoms with Crippen LogP contribution in [0.5, 0.6) is 0 Å². The van der Waals surface area contributed by atoms with Crippen LogP contribution in [0.4, 0.5) is 0 Å². The van der Waals surface area contributed by atoms with Crippen molar-refractivity contribution >= 4 is 11.3 Å². The van der Waals surface area contributed by atoms with Crippen molar-refractivity contribution in [2.75, 3.05) is 6.61 Å². The molecule has 0 spiro atoms. The average molecular weight is 196 g/mol. The zero-order chi connectivity index (χ0) is 9.68. The second-order valence-corrected chi connectivity index (χ2v) is 3.80. The fourth-order valence-corrected chi connectivity index (χ4v) is 1.95. The standard InChI is InChI=1S/C9H12N2OS/c10-3-1-8-5-7(6-13-8)9(11)2-4-12/h5-6,9,12H,1-2,4,11H2. The molecule has 13 heavy (non-hydrogen) atoms. The molecule has 0 aliphatic heterocycles. The molecule has 0 aromatic carbocycles.